The molecule has 1 aromatic heterocycles. The van der Waals surface area contributed by atoms with E-state index in [-0.39, 0.29) is 0 Å². The van der Waals surface area contributed by atoms with Crippen molar-refractivity contribution < 1.29 is 0 Å². The van der Waals surface area contributed by atoms with Gasteiger partial charge >= 0.3 is 0 Å². The van der Waals surface area contributed by atoms with Gasteiger partial charge in [-0.1, -0.05) is 25.4 Å². The van der Waals surface area contributed by atoms with Gasteiger partial charge < -0.3 is 4.90 Å². The summed E-state index contributed by atoms with van der Waals surface area (Å²) in [6.45, 7) is 10.6. The average Bonchev–Trinajstić information content (AvgIpc) is 3.13. The summed E-state index contributed by atoms with van der Waals surface area (Å²) in [5.74, 6) is 3.11. The Bertz CT molecular complexity index is 427. The van der Waals surface area contributed by atoms with Gasteiger partial charge in [0, 0.05) is 24.6 Å². The SMILES string of the molecule is CCN(CC(C)C)c1nc(C2CC2)nc(Cl)c1C. The van der Waals surface area contributed by atoms with Gasteiger partial charge in [-0.2, -0.15) is 0 Å². The minimum absolute atomic E-state index is 0.541. The number of anilines is 1. The molecule has 18 heavy (non-hydrogen) atoms. The zero-order valence-corrected chi connectivity index (χ0v) is 12.5. The molecule has 0 amide bonds. The number of halogens is 1. The quantitative estimate of drug-likeness (QED) is 0.760. The molecule has 1 aliphatic carbocycles. The van der Waals surface area contributed by atoms with Crippen molar-refractivity contribution in [2.24, 2.45) is 5.92 Å². The second-order valence-electron chi connectivity index (χ2n) is 5.53. The highest BCUT2D eigenvalue weighted by atomic mass is 35.5. The van der Waals surface area contributed by atoms with Crippen molar-refractivity contribution in [2.75, 3.05) is 18.0 Å². The van der Waals surface area contributed by atoms with E-state index in [1.807, 2.05) is 6.92 Å². The maximum absolute atomic E-state index is 6.25. The Morgan fingerprint density at radius 2 is 2.00 bits per heavy atom. The van der Waals surface area contributed by atoms with Crippen LogP contribution in [0.25, 0.3) is 0 Å². The lowest BCUT2D eigenvalue weighted by Gasteiger charge is -2.26. The van der Waals surface area contributed by atoms with Crippen LogP contribution in [0.5, 0.6) is 0 Å². The van der Waals surface area contributed by atoms with Crippen molar-refractivity contribution in [1.29, 1.82) is 0 Å². The van der Waals surface area contributed by atoms with Crippen LogP contribution in [0.1, 0.15) is 50.9 Å². The summed E-state index contributed by atoms with van der Waals surface area (Å²) >= 11 is 6.25. The van der Waals surface area contributed by atoms with Crippen LogP contribution in [-0.2, 0) is 0 Å². The molecule has 0 aliphatic heterocycles. The second kappa shape index (κ2) is 5.43. The fraction of sp³-hybridized carbons (Fsp3) is 0.714. The average molecular weight is 268 g/mol. The van der Waals surface area contributed by atoms with Gasteiger partial charge in [-0.15, -0.1) is 0 Å². The van der Waals surface area contributed by atoms with E-state index in [0.29, 0.717) is 17.0 Å². The lowest BCUT2D eigenvalue weighted by Crippen LogP contribution is -2.29. The van der Waals surface area contributed by atoms with Crippen LogP contribution in [0.2, 0.25) is 5.15 Å². The van der Waals surface area contributed by atoms with Gasteiger partial charge in [0.05, 0.1) is 0 Å². The fourth-order valence-corrected chi connectivity index (χ4v) is 2.30. The molecule has 0 atom stereocenters. The summed E-state index contributed by atoms with van der Waals surface area (Å²) in [4.78, 5) is 11.5. The highest BCUT2D eigenvalue weighted by Gasteiger charge is 2.28. The van der Waals surface area contributed by atoms with Crippen LogP contribution in [0.4, 0.5) is 5.82 Å². The summed E-state index contributed by atoms with van der Waals surface area (Å²) < 4.78 is 0. The van der Waals surface area contributed by atoms with Gasteiger partial charge in [-0.3, -0.25) is 0 Å². The van der Waals surface area contributed by atoms with E-state index in [1.165, 1.54) is 12.8 Å². The Morgan fingerprint density at radius 1 is 1.33 bits per heavy atom. The van der Waals surface area contributed by atoms with Crippen molar-refractivity contribution in [3.05, 3.63) is 16.5 Å². The number of hydrogen-bond donors (Lipinski definition) is 0. The third-order valence-corrected chi connectivity index (χ3v) is 3.66. The molecule has 0 saturated heterocycles. The maximum atomic E-state index is 6.25. The molecular weight excluding hydrogens is 246 g/mol. The molecule has 100 valence electrons. The van der Waals surface area contributed by atoms with Crippen LogP contribution < -0.4 is 4.90 Å². The Kier molecular flexibility index (Phi) is 4.10. The Labute approximate surface area is 115 Å². The lowest BCUT2D eigenvalue weighted by molar-refractivity contribution is 0.611. The number of rotatable bonds is 5. The van der Waals surface area contributed by atoms with Gasteiger partial charge in [-0.05, 0) is 32.6 Å². The summed E-state index contributed by atoms with van der Waals surface area (Å²) in [5, 5.41) is 0.615. The summed E-state index contributed by atoms with van der Waals surface area (Å²) in [6, 6.07) is 0. The molecule has 0 radical (unpaired) electrons. The molecule has 1 saturated carbocycles. The first-order valence-corrected chi connectivity index (χ1v) is 7.19. The van der Waals surface area contributed by atoms with E-state index in [9.17, 15) is 0 Å². The molecule has 0 N–H and O–H groups in total. The lowest BCUT2D eigenvalue weighted by atomic mass is 10.2. The predicted octanol–water partition coefficient (Wildman–Crippen LogP) is 3.80. The highest BCUT2D eigenvalue weighted by Crippen LogP contribution is 2.39. The van der Waals surface area contributed by atoms with E-state index >= 15 is 0 Å². The van der Waals surface area contributed by atoms with Crippen LogP contribution in [0, 0.1) is 12.8 Å². The van der Waals surface area contributed by atoms with Crippen molar-refractivity contribution in [1.82, 2.24) is 9.97 Å². The molecule has 4 heteroatoms. The molecule has 0 bridgehead atoms. The molecule has 3 nitrogen and oxygen atoms in total. The number of hydrogen-bond acceptors (Lipinski definition) is 3. The third-order valence-electron chi connectivity index (χ3n) is 3.29. The minimum atomic E-state index is 0.541. The van der Waals surface area contributed by atoms with E-state index in [4.69, 9.17) is 16.6 Å². The first kappa shape index (κ1) is 13.6. The van der Waals surface area contributed by atoms with E-state index in [1.54, 1.807) is 0 Å². The monoisotopic (exact) mass is 267 g/mol. The van der Waals surface area contributed by atoms with Gasteiger partial charge in [0.15, 0.2) is 0 Å². The molecule has 1 fully saturated rings. The molecule has 2 rings (SSSR count). The van der Waals surface area contributed by atoms with Gasteiger partial charge in [-0.25, -0.2) is 9.97 Å². The topological polar surface area (TPSA) is 29.0 Å². The highest BCUT2D eigenvalue weighted by molar-refractivity contribution is 6.30. The molecule has 0 aromatic carbocycles. The summed E-state index contributed by atoms with van der Waals surface area (Å²) in [7, 11) is 0. The second-order valence-corrected chi connectivity index (χ2v) is 5.89. The largest absolute Gasteiger partial charge is 0.356 e. The zero-order valence-electron chi connectivity index (χ0n) is 11.7. The van der Waals surface area contributed by atoms with E-state index in [2.05, 4.69) is 30.7 Å². The standard InChI is InChI=1S/C14H22ClN3/c1-5-18(8-9(2)3)14-10(4)12(15)16-13(17-14)11-6-7-11/h9,11H,5-8H2,1-4H3. The van der Waals surface area contributed by atoms with E-state index < -0.39 is 0 Å². The first-order valence-electron chi connectivity index (χ1n) is 6.81. The molecule has 1 aromatic rings. The van der Waals surface area contributed by atoms with Crippen molar-refractivity contribution in [3.8, 4) is 0 Å². The molecule has 1 aliphatic rings. The Hall–Kier alpha value is -0.830. The first-order chi connectivity index (χ1) is 8.52. The maximum Gasteiger partial charge on any atom is 0.137 e. The zero-order chi connectivity index (χ0) is 13.3. The third kappa shape index (κ3) is 2.94. The summed E-state index contributed by atoms with van der Waals surface area (Å²) in [6.07, 6.45) is 2.41. The van der Waals surface area contributed by atoms with E-state index in [0.717, 1.165) is 30.3 Å². The van der Waals surface area contributed by atoms with Crippen LogP contribution in [0.15, 0.2) is 0 Å². The van der Waals surface area contributed by atoms with Crippen LogP contribution >= 0.6 is 11.6 Å². The van der Waals surface area contributed by atoms with Crippen molar-refractivity contribution in [3.63, 3.8) is 0 Å². The van der Waals surface area contributed by atoms with Crippen molar-refractivity contribution >= 4 is 17.4 Å². The molecular formula is C14H22ClN3. The van der Waals surface area contributed by atoms with Gasteiger partial charge in [0.1, 0.15) is 16.8 Å². The predicted molar refractivity (Wildman–Crippen MR) is 76.5 cm³/mol. The molecule has 0 unspecified atom stereocenters. The summed E-state index contributed by atoms with van der Waals surface area (Å²) in [5.41, 5.74) is 1.00. The normalized spacial score (nSPS) is 15.2. The molecule has 0 spiro atoms. The Balaban J connectivity index is 2.34. The fourth-order valence-electron chi connectivity index (χ4n) is 2.13. The van der Waals surface area contributed by atoms with Crippen molar-refractivity contribution in [2.45, 2.75) is 46.5 Å². The van der Waals surface area contributed by atoms with Gasteiger partial charge in [0.25, 0.3) is 0 Å². The minimum Gasteiger partial charge on any atom is -0.356 e. The Morgan fingerprint density at radius 3 is 2.50 bits per heavy atom. The van der Waals surface area contributed by atoms with Crippen LogP contribution in [-0.4, -0.2) is 23.1 Å². The smallest absolute Gasteiger partial charge is 0.137 e. The molecule has 1 heterocycles. The van der Waals surface area contributed by atoms with Gasteiger partial charge in [0.2, 0.25) is 0 Å². The number of nitrogens with zero attached hydrogens (tertiary/aromatic N) is 3. The van der Waals surface area contributed by atoms with Crippen LogP contribution in [0.3, 0.4) is 0 Å². The number of aromatic nitrogens is 2.